The van der Waals surface area contributed by atoms with Crippen LogP contribution in [-0.2, 0) is 11.3 Å². The molecule has 1 aliphatic carbocycles. The van der Waals surface area contributed by atoms with Crippen molar-refractivity contribution < 1.29 is 4.79 Å². The maximum atomic E-state index is 12.2. The highest BCUT2D eigenvalue weighted by atomic mass is 127. The fourth-order valence-corrected chi connectivity index (χ4v) is 4.17. The first kappa shape index (κ1) is 24.6. The standard InChI is InChI=1S/C23H29ClN6O.HI/c1-25-23(29-19-10-12-30(15-19)21-20(24)9-4-11-26-21)27-14-16-5-2-8-18(13-16)28-22(31)17-6-3-7-17;/h2,4-5,8-9,11,13,17,19H,3,6-7,10,12,14-15H2,1H3,(H,28,31)(H2,25,27,29);1H. The van der Waals surface area contributed by atoms with Gasteiger partial charge in [-0.3, -0.25) is 9.79 Å². The van der Waals surface area contributed by atoms with Gasteiger partial charge in [-0.15, -0.1) is 24.0 Å². The second kappa shape index (κ2) is 11.7. The quantitative estimate of drug-likeness (QED) is 0.279. The van der Waals surface area contributed by atoms with Crippen LogP contribution in [0.25, 0.3) is 0 Å². The van der Waals surface area contributed by atoms with E-state index in [1.54, 1.807) is 13.2 Å². The van der Waals surface area contributed by atoms with Crippen LogP contribution in [0.2, 0.25) is 5.02 Å². The van der Waals surface area contributed by atoms with Crippen molar-refractivity contribution in [3.05, 3.63) is 53.2 Å². The fourth-order valence-electron chi connectivity index (χ4n) is 3.93. The molecule has 1 aliphatic heterocycles. The van der Waals surface area contributed by atoms with Crippen LogP contribution in [-0.4, -0.2) is 43.0 Å². The lowest BCUT2D eigenvalue weighted by Crippen LogP contribution is -2.44. The Kier molecular flexibility index (Phi) is 8.98. The minimum Gasteiger partial charge on any atom is -0.353 e. The summed E-state index contributed by atoms with van der Waals surface area (Å²) in [5, 5.41) is 10.6. The maximum Gasteiger partial charge on any atom is 0.227 e. The van der Waals surface area contributed by atoms with Crippen LogP contribution in [0.5, 0.6) is 0 Å². The molecule has 1 atom stereocenters. The largest absolute Gasteiger partial charge is 0.353 e. The molecule has 2 fully saturated rings. The van der Waals surface area contributed by atoms with Crippen molar-refractivity contribution in [3.8, 4) is 0 Å². The predicted molar refractivity (Wildman–Crippen MR) is 141 cm³/mol. The van der Waals surface area contributed by atoms with Gasteiger partial charge in [0.1, 0.15) is 5.82 Å². The molecular weight excluding hydrogens is 539 g/mol. The van der Waals surface area contributed by atoms with Crippen LogP contribution in [0.4, 0.5) is 11.5 Å². The Balaban J connectivity index is 0.00000289. The number of pyridine rings is 1. The van der Waals surface area contributed by atoms with Crippen molar-refractivity contribution in [1.82, 2.24) is 15.6 Å². The molecule has 2 aromatic rings. The van der Waals surface area contributed by atoms with Gasteiger partial charge in [0.05, 0.1) is 5.02 Å². The van der Waals surface area contributed by atoms with Crippen molar-refractivity contribution in [2.45, 2.75) is 38.3 Å². The highest BCUT2D eigenvalue weighted by molar-refractivity contribution is 14.0. The summed E-state index contributed by atoms with van der Waals surface area (Å²) < 4.78 is 0. The molecule has 1 saturated carbocycles. The van der Waals surface area contributed by atoms with Crippen LogP contribution < -0.4 is 20.9 Å². The smallest absolute Gasteiger partial charge is 0.227 e. The zero-order valence-corrected chi connectivity index (χ0v) is 21.3. The predicted octanol–water partition coefficient (Wildman–Crippen LogP) is 4.04. The Bertz CT molecular complexity index is 952. The number of amides is 1. The molecule has 1 aromatic heterocycles. The lowest BCUT2D eigenvalue weighted by Gasteiger charge is -2.24. The highest BCUT2D eigenvalue weighted by Crippen LogP contribution is 2.28. The Morgan fingerprint density at radius 1 is 1.25 bits per heavy atom. The van der Waals surface area contributed by atoms with Crippen molar-refractivity contribution in [3.63, 3.8) is 0 Å². The van der Waals surface area contributed by atoms with E-state index in [1.807, 2.05) is 36.4 Å². The number of anilines is 2. The summed E-state index contributed by atoms with van der Waals surface area (Å²) >= 11 is 6.29. The summed E-state index contributed by atoms with van der Waals surface area (Å²) in [6, 6.07) is 11.9. The highest BCUT2D eigenvalue weighted by Gasteiger charge is 2.26. The molecular formula is C23H30ClIN6O. The van der Waals surface area contributed by atoms with Crippen molar-refractivity contribution in [2.24, 2.45) is 10.9 Å². The monoisotopic (exact) mass is 568 g/mol. The van der Waals surface area contributed by atoms with E-state index in [0.717, 1.165) is 61.8 Å². The molecule has 32 heavy (non-hydrogen) atoms. The molecule has 0 radical (unpaired) electrons. The third kappa shape index (κ3) is 6.25. The average molecular weight is 569 g/mol. The number of benzene rings is 1. The summed E-state index contributed by atoms with van der Waals surface area (Å²) in [4.78, 5) is 23.2. The SMILES string of the molecule is CN=C(NCc1cccc(NC(=O)C2CCC2)c1)NC1CCN(c2ncccc2Cl)C1.I. The van der Waals surface area contributed by atoms with E-state index in [2.05, 4.69) is 30.8 Å². The van der Waals surface area contributed by atoms with Crippen LogP contribution in [0.3, 0.4) is 0 Å². The minimum atomic E-state index is 0. The fraction of sp³-hybridized carbons (Fsp3) is 0.435. The van der Waals surface area contributed by atoms with E-state index in [1.165, 1.54) is 0 Å². The number of aromatic nitrogens is 1. The zero-order chi connectivity index (χ0) is 21.6. The molecule has 9 heteroatoms. The molecule has 7 nitrogen and oxygen atoms in total. The van der Waals surface area contributed by atoms with Gasteiger partial charge in [0.15, 0.2) is 5.96 Å². The summed E-state index contributed by atoms with van der Waals surface area (Å²) in [5.74, 6) is 1.89. The summed E-state index contributed by atoms with van der Waals surface area (Å²) in [6.07, 6.45) is 5.91. The summed E-state index contributed by atoms with van der Waals surface area (Å²) in [5.41, 5.74) is 1.93. The number of nitrogens with one attached hydrogen (secondary N) is 3. The topological polar surface area (TPSA) is 81.6 Å². The molecule has 1 saturated heterocycles. The Morgan fingerprint density at radius 2 is 2.09 bits per heavy atom. The van der Waals surface area contributed by atoms with Crippen LogP contribution in [0, 0.1) is 5.92 Å². The molecule has 172 valence electrons. The van der Waals surface area contributed by atoms with Crippen molar-refractivity contribution >= 4 is 58.9 Å². The van der Waals surface area contributed by atoms with Gasteiger partial charge in [0.25, 0.3) is 0 Å². The van der Waals surface area contributed by atoms with E-state index >= 15 is 0 Å². The van der Waals surface area contributed by atoms with Gasteiger partial charge < -0.3 is 20.9 Å². The second-order valence-corrected chi connectivity index (χ2v) is 8.54. The number of carbonyl (C=O) groups excluding carboxylic acids is 1. The average Bonchev–Trinajstić information content (AvgIpc) is 3.18. The van der Waals surface area contributed by atoms with Crippen LogP contribution in [0.15, 0.2) is 47.6 Å². The van der Waals surface area contributed by atoms with Gasteiger partial charge in [0, 0.05) is 50.5 Å². The van der Waals surface area contributed by atoms with Crippen LogP contribution >= 0.6 is 35.6 Å². The zero-order valence-electron chi connectivity index (χ0n) is 18.2. The van der Waals surface area contributed by atoms with E-state index in [0.29, 0.717) is 11.6 Å². The van der Waals surface area contributed by atoms with E-state index in [-0.39, 0.29) is 41.8 Å². The van der Waals surface area contributed by atoms with Gasteiger partial charge in [0.2, 0.25) is 5.91 Å². The second-order valence-electron chi connectivity index (χ2n) is 8.13. The molecule has 0 spiro atoms. The van der Waals surface area contributed by atoms with Crippen LogP contribution in [0.1, 0.15) is 31.2 Å². The Labute approximate surface area is 211 Å². The molecule has 1 amide bonds. The first-order chi connectivity index (χ1) is 15.1. The summed E-state index contributed by atoms with van der Waals surface area (Å²) in [6.45, 7) is 2.34. The number of hydrogen-bond donors (Lipinski definition) is 3. The van der Waals surface area contributed by atoms with Gasteiger partial charge in [-0.2, -0.15) is 0 Å². The van der Waals surface area contributed by atoms with Gasteiger partial charge >= 0.3 is 0 Å². The Hall–Kier alpha value is -2.07. The number of nitrogens with zero attached hydrogens (tertiary/aromatic N) is 3. The number of aliphatic imine (C=N–C) groups is 1. The maximum absolute atomic E-state index is 12.2. The van der Waals surface area contributed by atoms with Gasteiger partial charge in [-0.25, -0.2) is 4.98 Å². The number of hydrogen-bond acceptors (Lipinski definition) is 4. The van der Waals surface area contributed by atoms with E-state index in [9.17, 15) is 4.79 Å². The van der Waals surface area contributed by atoms with Crippen molar-refractivity contribution in [1.29, 1.82) is 0 Å². The molecule has 3 N–H and O–H groups in total. The summed E-state index contributed by atoms with van der Waals surface area (Å²) in [7, 11) is 1.77. The van der Waals surface area contributed by atoms with E-state index in [4.69, 9.17) is 11.6 Å². The first-order valence-electron chi connectivity index (χ1n) is 10.8. The first-order valence-corrected chi connectivity index (χ1v) is 11.2. The lowest BCUT2D eigenvalue weighted by molar-refractivity contribution is -0.122. The van der Waals surface area contributed by atoms with Gasteiger partial charge in [-0.05, 0) is 49.1 Å². The van der Waals surface area contributed by atoms with Crippen molar-refractivity contribution in [2.75, 3.05) is 30.4 Å². The molecule has 1 aromatic carbocycles. The number of halogens is 2. The molecule has 0 bridgehead atoms. The third-order valence-electron chi connectivity index (χ3n) is 5.92. The molecule has 2 aliphatic rings. The van der Waals surface area contributed by atoms with E-state index < -0.39 is 0 Å². The Morgan fingerprint density at radius 3 is 2.81 bits per heavy atom. The third-order valence-corrected chi connectivity index (χ3v) is 6.22. The minimum absolute atomic E-state index is 0. The molecule has 4 rings (SSSR count). The number of rotatable bonds is 6. The molecule has 1 unspecified atom stereocenters. The molecule has 2 heterocycles. The number of carbonyl (C=O) groups is 1. The number of guanidine groups is 1. The lowest BCUT2D eigenvalue weighted by atomic mass is 9.85. The normalized spacial score (nSPS) is 18.5. The van der Waals surface area contributed by atoms with Gasteiger partial charge in [-0.1, -0.05) is 30.2 Å².